The van der Waals surface area contributed by atoms with Crippen molar-refractivity contribution < 1.29 is 14.3 Å². The van der Waals surface area contributed by atoms with Gasteiger partial charge in [0.25, 0.3) is 11.5 Å². The number of H-pyrrole nitrogens is 1. The van der Waals surface area contributed by atoms with Gasteiger partial charge in [-0.2, -0.15) is 15.0 Å². The fourth-order valence-corrected chi connectivity index (χ4v) is 5.63. The molecule has 0 spiro atoms. The number of imidazole rings is 1. The zero-order chi connectivity index (χ0) is 36.5. The normalized spacial score (nSPS) is 13.5. The van der Waals surface area contributed by atoms with E-state index in [9.17, 15) is 14.4 Å². The number of carbonyl (C=O) groups excluding carboxylic acids is 2. The minimum Gasteiger partial charge on any atom is -0.467 e. The van der Waals surface area contributed by atoms with E-state index in [2.05, 4.69) is 55.6 Å². The highest BCUT2D eigenvalue weighted by Crippen LogP contribution is 2.21. The van der Waals surface area contributed by atoms with E-state index in [4.69, 9.17) is 11.3 Å². The standard InChI is InChI=1S/C35H37N13O4/c1-36-25-9-7-23(8-10-25)20-27(32(51)52-3)42-35-44-33(40-21-28-37-13-14-46(28)2)43-34(45-35)41-26-6-4-5-24(19-26)22-47-15-17-48(18-16-47)31(50)29-30(49)39-12-11-38-29/h4-14,19,27H,15-18,20-22H2,2-3H3,(H,39,49)(H3,40,41,42,43,44,45)/t27-/m0/s1. The van der Waals surface area contributed by atoms with Gasteiger partial charge in [-0.25, -0.2) is 19.6 Å². The topological polar surface area (TPSA) is 193 Å². The average Bonchev–Trinajstić information content (AvgIpc) is 3.58. The number of anilines is 4. The monoisotopic (exact) mass is 703 g/mol. The van der Waals surface area contributed by atoms with Crippen molar-refractivity contribution in [1.29, 1.82) is 0 Å². The highest BCUT2D eigenvalue weighted by atomic mass is 16.5. The summed E-state index contributed by atoms with van der Waals surface area (Å²) in [5.74, 6) is 0.520. The number of hydrogen-bond donors (Lipinski definition) is 4. The molecule has 6 rings (SSSR count). The van der Waals surface area contributed by atoms with Gasteiger partial charge in [-0.15, -0.1) is 0 Å². The van der Waals surface area contributed by atoms with Crippen molar-refractivity contribution in [2.24, 2.45) is 7.05 Å². The second-order valence-corrected chi connectivity index (χ2v) is 12.0. The van der Waals surface area contributed by atoms with Gasteiger partial charge in [0.15, 0.2) is 11.4 Å². The lowest BCUT2D eigenvalue weighted by Gasteiger charge is -2.34. The van der Waals surface area contributed by atoms with Gasteiger partial charge >= 0.3 is 5.97 Å². The summed E-state index contributed by atoms with van der Waals surface area (Å²) in [5, 5.41) is 9.58. The molecule has 1 aliphatic rings. The van der Waals surface area contributed by atoms with Crippen molar-refractivity contribution in [3.05, 3.63) is 118 Å². The summed E-state index contributed by atoms with van der Waals surface area (Å²) in [6.07, 6.45) is 6.61. The Morgan fingerprint density at radius 1 is 0.981 bits per heavy atom. The molecule has 1 fully saturated rings. The highest BCUT2D eigenvalue weighted by Gasteiger charge is 2.25. The summed E-state index contributed by atoms with van der Waals surface area (Å²) in [6, 6.07) is 14.0. The van der Waals surface area contributed by atoms with Gasteiger partial charge in [0.2, 0.25) is 17.8 Å². The van der Waals surface area contributed by atoms with Crippen molar-refractivity contribution in [2.45, 2.75) is 25.6 Å². The molecule has 2 aromatic carbocycles. The summed E-state index contributed by atoms with van der Waals surface area (Å²) in [5.41, 5.74) is 2.49. The number of hydrogen-bond acceptors (Lipinski definition) is 13. The first-order valence-electron chi connectivity index (χ1n) is 16.5. The van der Waals surface area contributed by atoms with E-state index in [1.54, 1.807) is 35.4 Å². The highest BCUT2D eigenvalue weighted by molar-refractivity contribution is 5.92. The minimum atomic E-state index is -0.829. The zero-order valence-corrected chi connectivity index (χ0v) is 28.6. The molecule has 5 aromatic rings. The van der Waals surface area contributed by atoms with Crippen LogP contribution in [-0.2, 0) is 36.1 Å². The minimum absolute atomic E-state index is 0.102. The van der Waals surface area contributed by atoms with Crippen LogP contribution < -0.4 is 21.5 Å². The van der Waals surface area contributed by atoms with E-state index in [0.29, 0.717) is 45.0 Å². The van der Waals surface area contributed by atoms with Gasteiger partial charge in [0.1, 0.15) is 11.9 Å². The number of esters is 1. The summed E-state index contributed by atoms with van der Waals surface area (Å²) >= 11 is 0. The lowest BCUT2D eigenvalue weighted by molar-refractivity contribution is -0.141. The second-order valence-electron chi connectivity index (χ2n) is 12.0. The molecule has 4 heterocycles. The summed E-state index contributed by atoms with van der Waals surface area (Å²) in [7, 11) is 3.20. The molecule has 1 aliphatic heterocycles. The van der Waals surface area contributed by atoms with E-state index < -0.39 is 17.6 Å². The van der Waals surface area contributed by atoms with Gasteiger partial charge in [0.05, 0.1) is 20.2 Å². The molecule has 1 saturated heterocycles. The number of piperazine rings is 1. The van der Waals surface area contributed by atoms with Gasteiger partial charge < -0.3 is 35.1 Å². The number of nitrogens with one attached hydrogen (secondary N) is 4. The number of aryl methyl sites for hydroxylation is 1. The lowest BCUT2D eigenvalue weighted by Crippen LogP contribution is -2.49. The molecule has 0 radical (unpaired) electrons. The Morgan fingerprint density at radius 2 is 1.75 bits per heavy atom. The van der Waals surface area contributed by atoms with Crippen LogP contribution in [0, 0.1) is 6.57 Å². The number of aromatic nitrogens is 7. The molecule has 1 atom stereocenters. The second kappa shape index (κ2) is 16.4. The Kier molecular flexibility index (Phi) is 11.1. The van der Waals surface area contributed by atoms with E-state index in [1.807, 2.05) is 42.1 Å². The molecule has 17 nitrogen and oxygen atoms in total. The molecular weight excluding hydrogens is 666 g/mol. The maximum atomic E-state index is 12.9. The molecule has 3 aromatic heterocycles. The first-order chi connectivity index (χ1) is 25.3. The fourth-order valence-electron chi connectivity index (χ4n) is 5.63. The Balaban J connectivity index is 1.16. The Morgan fingerprint density at radius 3 is 2.46 bits per heavy atom. The molecule has 4 N–H and O–H groups in total. The molecule has 0 aliphatic carbocycles. The van der Waals surface area contributed by atoms with Crippen LogP contribution in [0.3, 0.4) is 0 Å². The molecule has 0 saturated carbocycles. The quantitative estimate of drug-likeness (QED) is 0.103. The number of amides is 1. The number of carbonyl (C=O) groups is 2. The maximum Gasteiger partial charge on any atom is 0.328 e. The number of ether oxygens (including phenoxy) is 1. The number of nitrogens with zero attached hydrogens (tertiary/aromatic N) is 9. The lowest BCUT2D eigenvalue weighted by atomic mass is 10.1. The van der Waals surface area contributed by atoms with E-state index in [0.717, 1.165) is 22.6 Å². The molecule has 52 heavy (non-hydrogen) atoms. The summed E-state index contributed by atoms with van der Waals surface area (Å²) < 4.78 is 6.96. The van der Waals surface area contributed by atoms with Crippen LogP contribution >= 0.6 is 0 Å². The largest absolute Gasteiger partial charge is 0.467 e. The third-order valence-corrected chi connectivity index (χ3v) is 8.41. The Labute approximate surface area is 299 Å². The van der Waals surface area contributed by atoms with Crippen LogP contribution in [0.15, 0.2) is 78.1 Å². The number of benzene rings is 2. The first kappa shape index (κ1) is 35.2. The number of aromatic amines is 1. The Bertz CT molecular complexity index is 2120. The van der Waals surface area contributed by atoms with Crippen LogP contribution in [0.5, 0.6) is 0 Å². The molecular formula is C35H37N13O4. The van der Waals surface area contributed by atoms with E-state index in [1.165, 1.54) is 19.5 Å². The zero-order valence-electron chi connectivity index (χ0n) is 28.6. The van der Waals surface area contributed by atoms with Gasteiger partial charge in [-0.05, 0) is 23.3 Å². The number of rotatable bonds is 13. The predicted molar refractivity (Wildman–Crippen MR) is 192 cm³/mol. The van der Waals surface area contributed by atoms with Gasteiger partial charge in [-0.3, -0.25) is 14.5 Å². The van der Waals surface area contributed by atoms with Gasteiger partial charge in [-0.1, -0.05) is 36.4 Å². The van der Waals surface area contributed by atoms with Crippen LogP contribution in [0.25, 0.3) is 4.85 Å². The third kappa shape index (κ3) is 8.91. The molecule has 0 unspecified atom stereocenters. The molecule has 17 heteroatoms. The van der Waals surface area contributed by atoms with Crippen LogP contribution in [-0.4, -0.2) is 95.5 Å². The van der Waals surface area contributed by atoms with Crippen molar-refractivity contribution >= 4 is 41.1 Å². The van der Waals surface area contributed by atoms with Crippen molar-refractivity contribution in [1.82, 2.24) is 44.3 Å². The van der Waals surface area contributed by atoms with Crippen LogP contribution in [0.4, 0.5) is 29.2 Å². The third-order valence-electron chi connectivity index (χ3n) is 8.41. The average molecular weight is 704 g/mol. The van der Waals surface area contributed by atoms with E-state index in [-0.39, 0.29) is 35.9 Å². The predicted octanol–water partition coefficient (Wildman–Crippen LogP) is 2.75. The molecule has 0 bridgehead atoms. The summed E-state index contributed by atoms with van der Waals surface area (Å²) in [6.45, 7) is 10.4. The van der Waals surface area contributed by atoms with Crippen molar-refractivity contribution in [3.8, 4) is 0 Å². The van der Waals surface area contributed by atoms with Crippen molar-refractivity contribution in [3.63, 3.8) is 0 Å². The SMILES string of the molecule is [C-]#[N+]c1ccc(C[C@H](Nc2nc(NCc3nccn3C)nc(Nc3cccc(CN4CCN(C(=O)c5ncc[nH]c5=O)CC4)c3)n2)C(=O)OC)cc1. The smallest absolute Gasteiger partial charge is 0.328 e. The molecule has 266 valence electrons. The van der Waals surface area contributed by atoms with Crippen LogP contribution in [0.2, 0.25) is 0 Å². The molecule has 1 amide bonds. The van der Waals surface area contributed by atoms with Crippen molar-refractivity contribution in [2.75, 3.05) is 49.2 Å². The summed E-state index contributed by atoms with van der Waals surface area (Å²) in [4.78, 5) is 69.6. The fraction of sp³-hybridized carbons (Fsp3) is 0.286. The van der Waals surface area contributed by atoms with Crippen LogP contribution in [0.1, 0.15) is 27.4 Å². The van der Waals surface area contributed by atoms with E-state index >= 15 is 0 Å². The first-order valence-corrected chi connectivity index (χ1v) is 16.5. The number of methoxy groups -OCH3 is 1. The van der Waals surface area contributed by atoms with Gasteiger partial charge in [0, 0.05) is 76.7 Å². The maximum absolute atomic E-state index is 12.9. The Hall–Kier alpha value is -6.67.